The summed E-state index contributed by atoms with van der Waals surface area (Å²) in [6.45, 7) is 5.52. The molecule has 0 saturated carbocycles. The van der Waals surface area contributed by atoms with Crippen molar-refractivity contribution in [3.8, 4) is 23.1 Å². The number of sulfonamides is 1. The van der Waals surface area contributed by atoms with Crippen molar-refractivity contribution >= 4 is 27.3 Å². The molecule has 1 fully saturated rings. The number of amides is 1. The quantitative estimate of drug-likeness (QED) is 0.178. The average Bonchev–Trinajstić information content (AvgIpc) is 3.55. The summed E-state index contributed by atoms with van der Waals surface area (Å²) in [5.41, 5.74) is 0.608. The van der Waals surface area contributed by atoms with Crippen molar-refractivity contribution in [3.05, 3.63) is 95.9 Å². The number of fused-ring (bicyclic) bond motifs is 1. The molecule has 1 amide bonds. The Kier molecular flexibility index (Phi) is 10.0. The van der Waals surface area contributed by atoms with Crippen molar-refractivity contribution in [1.82, 2.24) is 14.8 Å². The minimum absolute atomic E-state index is 0.00401. The molecule has 16 heteroatoms. The number of benzene rings is 3. The van der Waals surface area contributed by atoms with E-state index in [0.29, 0.717) is 30.9 Å². The van der Waals surface area contributed by atoms with Gasteiger partial charge in [0.05, 0.1) is 22.3 Å². The van der Waals surface area contributed by atoms with Crippen molar-refractivity contribution in [2.75, 3.05) is 43.0 Å². The third-order valence-corrected chi connectivity index (χ3v) is 9.49. The van der Waals surface area contributed by atoms with Crippen molar-refractivity contribution in [2.24, 2.45) is 0 Å². The first-order valence-corrected chi connectivity index (χ1v) is 17.1. The van der Waals surface area contributed by atoms with E-state index in [1.165, 1.54) is 24.3 Å². The van der Waals surface area contributed by atoms with E-state index in [-0.39, 0.29) is 47.4 Å². The molecule has 1 aromatic heterocycles. The number of anilines is 2. The van der Waals surface area contributed by atoms with E-state index in [2.05, 4.69) is 19.9 Å². The molecule has 2 aliphatic heterocycles. The second kappa shape index (κ2) is 14.4. The summed E-state index contributed by atoms with van der Waals surface area (Å²) in [5.74, 6) is 0.638. The van der Waals surface area contributed by atoms with Crippen LogP contribution in [0.1, 0.15) is 24.5 Å². The van der Waals surface area contributed by atoms with Gasteiger partial charge in [-0.05, 0) is 67.1 Å². The number of alkyl halides is 3. The van der Waals surface area contributed by atoms with E-state index in [9.17, 15) is 30.8 Å². The topological polar surface area (TPSA) is 122 Å². The van der Waals surface area contributed by atoms with E-state index in [4.69, 9.17) is 14.2 Å². The van der Waals surface area contributed by atoms with Crippen LogP contribution in [0.2, 0.25) is 0 Å². The first kappa shape index (κ1) is 34.8. The van der Waals surface area contributed by atoms with Crippen LogP contribution >= 0.6 is 0 Å². The lowest BCUT2D eigenvalue weighted by Gasteiger charge is -2.35. The van der Waals surface area contributed by atoms with Gasteiger partial charge in [-0.15, -0.1) is 0 Å². The highest BCUT2D eigenvalue weighted by molar-refractivity contribution is 7.92. The number of ether oxygens (including phenoxy) is 3. The Balaban J connectivity index is 0.957. The van der Waals surface area contributed by atoms with Gasteiger partial charge in [0.2, 0.25) is 18.6 Å². The second-order valence-electron chi connectivity index (χ2n) is 11.9. The highest BCUT2D eigenvalue weighted by Gasteiger charge is 2.31. The van der Waals surface area contributed by atoms with E-state index < -0.39 is 27.6 Å². The summed E-state index contributed by atoms with van der Waals surface area (Å²) >= 11 is 0. The number of pyridine rings is 1. The molecular formula is C34H33F4N5O6S. The molecule has 3 aromatic carbocycles. The lowest BCUT2D eigenvalue weighted by Crippen LogP contribution is -2.49. The SMILES string of the molecule is CC(CC(=O)N1CCN(Cc2ccc3c(c2)OCO3)CC1)Nc1ccc(Oc2ccc(NS(=O)(=O)c3ccc(C(F)(F)F)cc3)cn2)c(F)c1. The van der Waals surface area contributed by atoms with Gasteiger partial charge in [-0.2, -0.15) is 13.2 Å². The van der Waals surface area contributed by atoms with Gasteiger partial charge < -0.3 is 24.4 Å². The second-order valence-corrected chi connectivity index (χ2v) is 13.5. The van der Waals surface area contributed by atoms with E-state index in [1.54, 1.807) is 6.07 Å². The Hall–Kier alpha value is -5.09. The van der Waals surface area contributed by atoms with E-state index >= 15 is 0 Å². The molecule has 0 radical (unpaired) electrons. The molecule has 1 atom stereocenters. The summed E-state index contributed by atoms with van der Waals surface area (Å²) in [4.78, 5) is 20.7. The molecule has 1 saturated heterocycles. The molecule has 0 spiro atoms. The fraction of sp³-hybridized carbons (Fsp3) is 0.294. The maximum atomic E-state index is 14.9. The number of piperazine rings is 1. The van der Waals surface area contributed by atoms with Crippen LogP contribution < -0.4 is 24.2 Å². The fourth-order valence-electron chi connectivity index (χ4n) is 5.50. The van der Waals surface area contributed by atoms with E-state index in [0.717, 1.165) is 55.0 Å². The van der Waals surface area contributed by atoms with Gasteiger partial charge in [-0.3, -0.25) is 14.4 Å². The van der Waals surface area contributed by atoms with Crippen molar-refractivity contribution in [1.29, 1.82) is 0 Å². The molecule has 2 N–H and O–H groups in total. The number of hydrogen-bond donors (Lipinski definition) is 2. The van der Waals surface area contributed by atoms with Crippen LogP contribution in [0.25, 0.3) is 0 Å². The van der Waals surface area contributed by atoms with Crippen molar-refractivity contribution in [2.45, 2.75) is 37.0 Å². The number of nitrogens with one attached hydrogen (secondary N) is 2. The summed E-state index contributed by atoms with van der Waals surface area (Å²) < 4.78 is 97.1. The number of hydrogen-bond acceptors (Lipinski definition) is 9. The highest BCUT2D eigenvalue weighted by atomic mass is 32.2. The number of carbonyl (C=O) groups excluding carboxylic acids is 1. The number of halogens is 4. The van der Waals surface area contributed by atoms with Crippen LogP contribution in [0.3, 0.4) is 0 Å². The minimum atomic E-state index is -4.60. The minimum Gasteiger partial charge on any atom is -0.454 e. The molecule has 11 nitrogen and oxygen atoms in total. The summed E-state index contributed by atoms with van der Waals surface area (Å²) in [6.07, 6.45) is -3.25. The predicted octanol–water partition coefficient (Wildman–Crippen LogP) is 6.10. The maximum Gasteiger partial charge on any atom is 0.416 e. The maximum absolute atomic E-state index is 14.9. The smallest absolute Gasteiger partial charge is 0.416 e. The zero-order valence-corrected chi connectivity index (χ0v) is 27.6. The van der Waals surface area contributed by atoms with Gasteiger partial charge in [-0.25, -0.2) is 17.8 Å². The molecule has 264 valence electrons. The van der Waals surface area contributed by atoms with Gasteiger partial charge in [-0.1, -0.05) is 6.07 Å². The summed E-state index contributed by atoms with van der Waals surface area (Å²) in [5, 5.41) is 3.15. The van der Waals surface area contributed by atoms with Gasteiger partial charge in [0.15, 0.2) is 23.1 Å². The van der Waals surface area contributed by atoms with Crippen LogP contribution in [0.15, 0.2) is 83.9 Å². The lowest BCUT2D eigenvalue weighted by molar-refractivity contribution is -0.137. The van der Waals surface area contributed by atoms with E-state index in [1.807, 2.05) is 30.0 Å². The number of aromatic nitrogens is 1. The van der Waals surface area contributed by atoms with Gasteiger partial charge in [0.25, 0.3) is 10.0 Å². The van der Waals surface area contributed by atoms with Gasteiger partial charge >= 0.3 is 6.18 Å². The van der Waals surface area contributed by atoms with Gasteiger partial charge in [0.1, 0.15) is 0 Å². The van der Waals surface area contributed by atoms with Crippen molar-refractivity contribution in [3.63, 3.8) is 0 Å². The Morgan fingerprint density at radius 1 is 0.940 bits per heavy atom. The monoisotopic (exact) mass is 715 g/mol. The van der Waals surface area contributed by atoms with Crippen molar-refractivity contribution < 1.29 is 45.0 Å². The molecule has 4 aromatic rings. The van der Waals surface area contributed by atoms with Crippen LogP contribution in [0.4, 0.5) is 28.9 Å². The van der Waals surface area contributed by atoms with Crippen LogP contribution in [-0.2, 0) is 27.5 Å². The molecule has 6 rings (SSSR count). The zero-order chi connectivity index (χ0) is 35.5. The summed E-state index contributed by atoms with van der Waals surface area (Å²) in [6, 6.07) is 15.5. The normalized spacial score (nSPS) is 15.4. The first-order chi connectivity index (χ1) is 23.8. The van der Waals surface area contributed by atoms with Crippen LogP contribution in [-0.4, -0.2) is 68.1 Å². The Bertz CT molecular complexity index is 1940. The van der Waals surface area contributed by atoms with Gasteiger partial charge in [0, 0.05) is 63.0 Å². The largest absolute Gasteiger partial charge is 0.454 e. The molecule has 1 unspecified atom stereocenters. The zero-order valence-electron chi connectivity index (χ0n) is 26.7. The standard InChI is InChI=1S/C34H33F4N5O6S/c1-22(16-33(44)43-14-12-42(13-15-43)20-23-2-9-30-31(17-23)48-21-47-30)40-25-5-10-29(28(35)18-25)49-32-11-6-26(19-39-32)41-50(45,46)27-7-3-24(4-8-27)34(36,37)38/h2-11,17-19,22,40-41H,12-16,20-21H2,1H3. The molecular weight excluding hydrogens is 682 g/mol. The fourth-order valence-corrected chi connectivity index (χ4v) is 6.55. The molecule has 50 heavy (non-hydrogen) atoms. The Morgan fingerprint density at radius 3 is 2.34 bits per heavy atom. The number of carbonyl (C=O) groups is 1. The highest BCUT2D eigenvalue weighted by Crippen LogP contribution is 2.33. The number of rotatable bonds is 11. The predicted molar refractivity (Wildman–Crippen MR) is 175 cm³/mol. The molecule has 3 heterocycles. The third-order valence-electron chi connectivity index (χ3n) is 8.09. The van der Waals surface area contributed by atoms with Crippen LogP contribution in [0.5, 0.6) is 23.1 Å². The third kappa shape index (κ3) is 8.55. The summed E-state index contributed by atoms with van der Waals surface area (Å²) in [7, 11) is -4.20. The Morgan fingerprint density at radius 2 is 1.66 bits per heavy atom. The van der Waals surface area contributed by atoms with Crippen LogP contribution in [0, 0.1) is 5.82 Å². The Labute approximate surface area is 285 Å². The molecule has 0 bridgehead atoms. The lowest BCUT2D eigenvalue weighted by atomic mass is 10.1. The molecule has 0 aliphatic carbocycles. The average molecular weight is 716 g/mol. The molecule has 2 aliphatic rings. The number of nitrogens with zero attached hydrogens (tertiary/aromatic N) is 3. The first-order valence-electron chi connectivity index (χ1n) is 15.6.